The summed E-state index contributed by atoms with van der Waals surface area (Å²) in [4.78, 5) is 28.9. The number of nitrogens with zero attached hydrogens (tertiary/aromatic N) is 1. The Labute approximate surface area is 156 Å². The topological polar surface area (TPSA) is 71.1 Å². The molecule has 5 nitrogen and oxygen atoms in total. The minimum absolute atomic E-state index is 0.242. The molecule has 0 aliphatic carbocycles. The van der Waals surface area contributed by atoms with Gasteiger partial charge in [0.2, 0.25) is 0 Å². The average molecular weight is 366 g/mol. The molecule has 130 valence electrons. The first-order valence-electron chi connectivity index (χ1n) is 7.93. The zero-order chi connectivity index (χ0) is 18.5. The van der Waals surface area contributed by atoms with Crippen molar-refractivity contribution < 1.29 is 9.59 Å². The average Bonchev–Trinajstić information content (AvgIpc) is 2.65. The quantitative estimate of drug-likeness (QED) is 0.712. The normalized spacial score (nSPS) is 10.2. The molecule has 3 aromatic rings. The van der Waals surface area contributed by atoms with Crippen molar-refractivity contribution in [1.82, 2.24) is 4.98 Å². The molecule has 0 spiro atoms. The van der Waals surface area contributed by atoms with Crippen molar-refractivity contribution in [2.24, 2.45) is 0 Å². The fraction of sp³-hybridized carbons (Fsp3) is 0.0500. The van der Waals surface area contributed by atoms with Crippen LogP contribution in [0.5, 0.6) is 0 Å². The van der Waals surface area contributed by atoms with E-state index in [-0.39, 0.29) is 11.8 Å². The van der Waals surface area contributed by atoms with Crippen LogP contribution in [0.25, 0.3) is 0 Å². The highest BCUT2D eigenvalue weighted by Crippen LogP contribution is 2.20. The number of pyridine rings is 1. The summed E-state index contributed by atoms with van der Waals surface area (Å²) in [7, 11) is 0. The summed E-state index contributed by atoms with van der Waals surface area (Å²) in [5, 5.41) is 6.05. The van der Waals surface area contributed by atoms with Gasteiger partial charge in [0.05, 0.1) is 23.3 Å². The zero-order valence-corrected chi connectivity index (χ0v) is 14.7. The molecular weight excluding hydrogens is 350 g/mol. The highest BCUT2D eigenvalue weighted by Gasteiger charge is 2.11. The Hall–Kier alpha value is -3.18. The Kier molecular flexibility index (Phi) is 5.29. The maximum absolute atomic E-state index is 12.3. The van der Waals surface area contributed by atoms with Crippen molar-refractivity contribution in [1.29, 1.82) is 0 Å². The smallest absolute Gasteiger partial charge is 0.255 e. The second-order valence-electron chi connectivity index (χ2n) is 5.64. The van der Waals surface area contributed by atoms with Crippen LogP contribution in [-0.4, -0.2) is 16.8 Å². The van der Waals surface area contributed by atoms with Gasteiger partial charge < -0.3 is 10.6 Å². The first kappa shape index (κ1) is 17.6. The third kappa shape index (κ3) is 4.26. The lowest BCUT2D eigenvalue weighted by Gasteiger charge is -2.11. The SMILES string of the molecule is Cc1ncc(NC(=O)c2cccc(Cl)c2)cc1NC(=O)c1ccccc1. The number of nitrogens with one attached hydrogen (secondary N) is 2. The van der Waals surface area contributed by atoms with E-state index in [1.807, 2.05) is 6.07 Å². The molecule has 0 unspecified atom stereocenters. The maximum Gasteiger partial charge on any atom is 0.255 e. The van der Waals surface area contributed by atoms with Crippen molar-refractivity contribution in [2.75, 3.05) is 10.6 Å². The molecule has 1 aromatic heterocycles. The number of hydrogen-bond donors (Lipinski definition) is 2. The lowest BCUT2D eigenvalue weighted by Crippen LogP contribution is -2.15. The van der Waals surface area contributed by atoms with E-state index in [1.54, 1.807) is 61.5 Å². The number of amides is 2. The summed E-state index contributed by atoms with van der Waals surface area (Å²) in [5.41, 5.74) is 2.63. The van der Waals surface area contributed by atoms with Gasteiger partial charge in [-0.25, -0.2) is 0 Å². The van der Waals surface area contributed by atoms with E-state index < -0.39 is 0 Å². The molecule has 0 fully saturated rings. The summed E-state index contributed by atoms with van der Waals surface area (Å²) in [6, 6.07) is 17.2. The molecule has 0 saturated carbocycles. The van der Waals surface area contributed by atoms with Crippen molar-refractivity contribution >= 4 is 34.8 Å². The minimum atomic E-state index is -0.307. The van der Waals surface area contributed by atoms with Crippen LogP contribution in [0.4, 0.5) is 11.4 Å². The number of aryl methyl sites for hydroxylation is 1. The zero-order valence-electron chi connectivity index (χ0n) is 14.0. The van der Waals surface area contributed by atoms with Gasteiger partial charge in [-0.05, 0) is 43.3 Å². The highest BCUT2D eigenvalue weighted by atomic mass is 35.5. The number of rotatable bonds is 4. The predicted molar refractivity (Wildman–Crippen MR) is 103 cm³/mol. The summed E-state index contributed by atoms with van der Waals surface area (Å²) in [5.74, 6) is -0.549. The lowest BCUT2D eigenvalue weighted by molar-refractivity contribution is 0.101. The lowest BCUT2D eigenvalue weighted by atomic mass is 10.2. The summed E-state index contributed by atoms with van der Waals surface area (Å²) in [6.45, 7) is 1.78. The van der Waals surface area contributed by atoms with E-state index in [0.717, 1.165) is 0 Å². The molecule has 0 bridgehead atoms. The van der Waals surface area contributed by atoms with E-state index in [1.165, 1.54) is 6.20 Å². The monoisotopic (exact) mass is 365 g/mol. The van der Waals surface area contributed by atoms with Crippen LogP contribution < -0.4 is 10.6 Å². The molecule has 0 aliphatic rings. The minimum Gasteiger partial charge on any atom is -0.321 e. The van der Waals surface area contributed by atoms with Crippen LogP contribution in [0.1, 0.15) is 26.4 Å². The Bertz CT molecular complexity index is 958. The third-order valence-corrected chi connectivity index (χ3v) is 3.95. The van der Waals surface area contributed by atoms with Crippen LogP contribution >= 0.6 is 11.6 Å². The first-order chi connectivity index (χ1) is 12.5. The van der Waals surface area contributed by atoms with E-state index >= 15 is 0 Å². The van der Waals surface area contributed by atoms with Gasteiger partial charge >= 0.3 is 0 Å². The summed E-state index contributed by atoms with van der Waals surface area (Å²) in [6.07, 6.45) is 1.54. The molecule has 2 aromatic carbocycles. The molecule has 26 heavy (non-hydrogen) atoms. The number of hydrogen-bond acceptors (Lipinski definition) is 3. The third-order valence-electron chi connectivity index (χ3n) is 3.72. The Morgan fingerprint density at radius 3 is 2.31 bits per heavy atom. The van der Waals surface area contributed by atoms with Gasteiger partial charge in [0.1, 0.15) is 0 Å². The molecule has 0 radical (unpaired) electrons. The van der Waals surface area contributed by atoms with Gasteiger partial charge in [-0.2, -0.15) is 0 Å². The molecule has 2 amide bonds. The van der Waals surface area contributed by atoms with Crippen molar-refractivity contribution in [2.45, 2.75) is 6.92 Å². The molecule has 0 atom stereocenters. The van der Waals surface area contributed by atoms with Crippen molar-refractivity contribution in [3.63, 3.8) is 0 Å². The molecule has 3 rings (SSSR count). The van der Waals surface area contributed by atoms with E-state index in [4.69, 9.17) is 11.6 Å². The van der Waals surface area contributed by atoms with Gasteiger partial charge in [-0.15, -0.1) is 0 Å². The van der Waals surface area contributed by atoms with E-state index in [2.05, 4.69) is 15.6 Å². The number of benzene rings is 2. The number of halogens is 1. The molecule has 2 N–H and O–H groups in total. The standard InChI is InChI=1S/C20H16ClN3O2/c1-13-18(24-19(25)14-6-3-2-4-7-14)11-17(12-22-13)23-20(26)15-8-5-9-16(21)10-15/h2-12H,1H3,(H,23,26)(H,24,25). The van der Waals surface area contributed by atoms with Gasteiger partial charge in [0, 0.05) is 16.1 Å². The predicted octanol–water partition coefficient (Wildman–Crippen LogP) is 4.55. The van der Waals surface area contributed by atoms with E-state index in [9.17, 15) is 9.59 Å². The highest BCUT2D eigenvalue weighted by molar-refractivity contribution is 6.31. The van der Waals surface area contributed by atoms with Gasteiger partial charge in [-0.1, -0.05) is 35.9 Å². The van der Waals surface area contributed by atoms with Crippen LogP contribution in [0.2, 0.25) is 5.02 Å². The molecule has 1 heterocycles. The Morgan fingerprint density at radius 1 is 0.885 bits per heavy atom. The number of carbonyl (C=O) groups excluding carboxylic acids is 2. The summed E-state index contributed by atoms with van der Waals surface area (Å²) < 4.78 is 0. The van der Waals surface area contributed by atoms with Crippen LogP contribution in [-0.2, 0) is 0 Å². The largest absolute Gasteiger partial charge is 0.321 e. The van der Waals surface area contributed by atoms with Gasteiger partial charge in [-0.3, -0.25) is 14.6 Å². The first-order valence-corrected chi connectivity index (χ1v) is 8.31. The Morgan fingerprint density at radius 2 is 1.58 bits per heavy atom. The number of carbonyl (C=O) groups is 2. The van der Waals surface area contributed by atoms with Crippen LogP contribution in [0, 0.1) is 6.92 Å². The van der Waals surface area contributed by atoms with Gasteiger partial charge in [0.15, 0.2) is 0 Å². The number of aromatic nitrogens is 1. The van der Waals surface area contributed by atoms with Crippen LogP contribution in [0.3, 0.4) is 0 Å². The van der Waals surface area contributed by atoms with Crippen molar-refractivity contribution in [3.8, 4) is 0 Å². The molecule has 0 aliphatic heterocycles. The second kappa shape index (κ2) is 7.80. The molecule has 0 saturated heterocycles. The fourth-order valence-corrected chi connectivity index (χ4v) is 2.54. The number of anilines is 2. The Balaban J connectivity index is 1.77. The second-order valence-corrected chi connectivity index (χ2v) is 6.08. The van der Waals surface area contributed by atoms with Crippen LogP contribution in [0.15, 0.2) is 66.9 Å². The van der Waals surface area contributed by atoms with Gasteiger partial charge in [0.25, 0.3) is 11.8 Å². The molecular formula is C20H16ClN3O2. The van der Waals surface area contributed by atoms with Crippen molar-refractivity contribution in [3.05, 3.63) is 88.7 Å². The molecule has 6 heteroatoms. The van der Waals surface area contributed by atoms with E-state index in [0.29, 0.717) is 33.2 Å². The summed E-state index contributed by atoms with van der Waals surface area (Å²) >= 11 is 5.91. The maximum atomic E-state index is 12.3. The fourth-order valence-electron chi connectivity index (χ4n) is 2.35.